The van der Waals surface area contributed by atoms with E-state index < -0.39 is 6.97 Å². The van der Waals surface area contributed by atoms with Gasteiger partial charge in [-0.3, -0.25) is 0 Å². The molecule has 3 rings (SSSR count). The minimum atomic E-state index is -3.93. The monoisotopic (exact) mass is 296 g/mol. The molecule has 0 aliphatic carbocycles. The fourth-order valence-corrected chi connectivity index (χ4v) is 3.83. The number of aromatic nitrogens is 1. The maximum atomic E-state index is 14.9. The van der Waals surface area contributed by atoms with Crippen molar-refractivity contribution in [3.05, 3.63) is 39.8 Å². The van der Waals surface area contributed by atoms with Crippen LogP contribution in [0.15, 0.2) is 29.0 Å². The first-order valence-electron chi connectivity index (χ1n) is 6.76. The van der Waals surface area contributed by atoms with Crippen LogP contribution in [0.5, 0.6) is 0 Å². The molecule has 2 nitrogen and oxygen atoms in total. The summed E-state index contributed by atoms with van der Waals surface area (Å²) in [5.74, 6) is 0. The van der Waals surface area contributed by atoms with Crippen molar-refractivity contribution in [3.63, 3.8) is 0 Å². The van der Waals surface area contributed by atoms with Crippen LogP contribution in [0.1, 0.15) is 39.8 Å². The van der Waals surface area contributed by atoms with Crippen LogP contribution < -0.4 is 0 Å². The van der Waals surface area contributed by atoms with Crippen LogP contribution in [0.2, 0.25) is 5.15 Å². The summed E-state index contributed by atoms with van der Waals surface area (Å²) in [6.07, 6.45) is 0.750. The average molecular weight is 297 g/mol. The van der Waals surface area contributed by atoms with Crippen LogP contribution in [0, 0.1) is 0 Å². The predicted octanol–water partition coefficient (Wildman–Crippen LogP) is 4.32. The quantitative estimate of drug-likeness (QED) is 0.682. The lowest BCUT2D eigenvalue weighted by Crippen LogP contribution is -2.50. The van der Waals surface area contributed by atoms with Gasteiger partial charge in [-0.1, -0.05) is 18.5 Å². The number of halogens is 3. The second kappa shape index (κ2) is 4.07. The van der Waals surface area contributed by atoms with Crippen LogP contribution in [0.3, 0.4) is 0 Å². The fraction of sp³-hybridized carbons (Fsp3) is 0.357. The Hall–Kier alpha value is -1.36. The first kappa shape index (κ1) is 13.6. The first-order chi connectivity index (χ1) is 9.32. The number of rotatable bonds is 1. The number of hydrogen-bond donors (Lipinski definition) is 0. The van der Waals surface area contributed by atoms with Gasteiger partial charge in [-0.2, -0.15) is 0 Å². The van der Waals surface area contributed by atoms with Crippen molar-refractivity contribution < 1.29 is 13.1 Å². The molecule has 3 heterocycles. The molecule has 0 saturated carbocycles. The van der Waals surface area contributed by atoms with Gasteiger partial charge in [0.2, 0.25) is 0 Å². The second-order valence-corrected chi connectivity index (χ2v) is 5.77. The van der Waals surface area contributed by atoms with E-state index >= 15 is 0 Å². The van der Waals surface area contributed by atoms with Crippen LogP contribution in [0.25, 0.3) is 5.57 Å². The van der Waals surface area contributed by atoms with Gasteiger partial charge in [-0.05, 0) is 32.4 Å². The first-order valence-corrected chi connectivity index (χ1v) is 7.14. The third-order valence-electron chi connectivity index (χ3n) is 4.43. The van der Waals surface area contributed by atoms with E-state index in [4.69, 9.17) is 11.6 Å². The Bertz CT molecular complexity index is 726. The molecule has 0 atom stereocenters. The maximum Gasteiger partial charge on any atom is 0.738 e. The average Bonchev–Trinajstić information content (AvgIpc) is 2.87. The minimum Gasteiger partial charge on any atom is -0.389 e. The Labute approximate surface area is 122 Å². The van der Waals surface area contributed by atoms with Gasteiger partial charge in [-0.25, -0.2) is 0 Å². The Kier molecular flexibility index (Phi) is 2.77. The highest BCUT2D eigenvalue weighted by Crippen LogP contribution is 2.42. The molecule has 20 heavy (non-hydrogen) atoms. The van der Waals surface area contributed by atoms with E-state index in [0.29, 0.717) is 17.1 Å². The van der Waals surface area contributed by atoms with Gasteiger partial charge in [0.15, 0.2) is 5.70 Å². The smallest absolute Gasteiger partial charge is 0.389 e. The SMILES string of the molecule is CCC1=C(C)C2=C(C)c3ccc(Cl)n3[B-](F)(F)[N+]2=C1C. The van der Waals surface area contributed by atoms with Crippen LogP contribution >= 0.6 is 11.6 Å². The molecular formula is C14H16BClF2N2. The van der Waals surface area contributed by atoms with E-state index in [9.17, 15) is 8.63 Å². The summed E-state index contributed by atoms with van der Waals surface area (Å²) in [7, 11) is 0. The third kappa shape index (κ3) is 1.42. The highest BCUT2D eigenvalue weighted by molar-refractivity contribution is 6.59. The molecule has 0 aromatic carbocycles. The van der Waals surface area contributed by atoms with E-state index in [-0.39, 0.29) is 5.15 Å². The van der Waals surface area contributed by atoms with Crippen LogP contribution in [-0.4, -0.2) is 21.6 Å². The van der Waals surface area contributed by atoms with Crippen molar-refractivity contribution in [2.75, 3.05) is 0 Å². The van der Waals surface area contributed by atoms with Gasteiger partial charge in [0.25, 0.3) is 0 Å². The third-order valence-corrected chi connectivity index (χ3v) is 4.74. The highest BCUT2D eigenvalue weighted by Gasteiger charge is 2.55. The van der Waals surface area contributed by atoms with Crippen molar-refractivity contribution in [2.45, 2.75) is 34.1 Å². The van der Waals surface area contributed by atoms with Gasteiger partial charge in [0, 0.05) is 29.3 Å². The van der Waals surface area contributed by atoms with Crippen molar-refractivity contribution in [2.24, 2.45) is 0 Å². The molecule has 106 valence electrons. The summed E-state index contributed by atoms with van der Waals surface area (Å²) < 4.78 is 32.0. The molecule has 0 bridgehead atoms. The highest BCUT2D eigenvalue weighted by atomic mass is 35.5. The topological polar surface area (TPSA) is 7.94 Å². The lowest BCUT2D eigenvalue weighted by Gasteiger charge is -2.31. The normalized spacial score (nSPS) is 20.8. The summed E-state index contributed by atoms with van der Waals surface area (Å²) in [6.45, 7) is 3.63. The molecule has 1 aromatic rings. The van der Waals surface area contributed by atoms with Crippen LogP contribution in [0.4, 0.5) is 8.63 Å². The lowest BCUT2D eigenvalue weighted by atomic mass is 9.88. The fourth-order valence-electron chi connectivity index (χ4n) is 3.56. The molecule has 0 amide bonds. The van der Waals surface area contributed by atoms with Gasteiger partial charge in [0.1, 0.15) is 5.71 Å². The van der Waals surface area contributed by atoms with Gasteiger partial charge in [0.05, 0.1) is 5.15 Å². The Morgan fingerprint density at radius 3 is 2.45 bits per heavy atom. The zero-order valence-corrected chi connectivity index (χ0v) is 12.7. The summed E-state index contributed by atoms with van der Waals surface area (Å²) >= 11 is 5.98. The second-order valence-electron chi connectivity index (χ2n) is 5.39. The number of fused-ring (bicyclic) bond motifs is 2. The van der Waals surface area contributed by atoms with E-state index in [1.54, 1.807) is 13.0 Å². The lowest BCUT2D eigenvalue weighted by molar-refractivity contribution is -0.363. The minimum absolute atomic E-state index is 0.0822. The number of allylic oxidation sites excluding steroid dienone is 3. The largest absolute Gasteiger partial charge is 0.738 e. The molecule has 0 N–H and O–H groups in total. The van der Waals surface area contributed by atoms with Gasteiger partial charge >= 0.3 is 6.97 Å². The standard InChI is InChI=1S/C14H16BClF2N2/c1-5-11-8(2)14-9(3)12-6-7-13(16)20(12)15(17,18)19(14)10(11)4/h6-7H,5H2,1-4H3. The summed E-state index contributed by atoms with van der Waals surface area (Å²) in [5.41, 5.74) is 4.60. The molecule has 2 aliphatic rings. The van der Waals surface area contributed by atoms with E-state index in [1.165, 1.54) is 10.6 Å². The van der Waals surface area contributed by atoms with E-state index in [1.807, 2.05) is 20.8 Å². The zero-order valence-electron chi connectivity index (χ0n) is 12.0. The van der Waals surface area contributed by atoms with Crippen LogP contribution in [-0.2, 0) is 0 Å². The zero-order chi connectivity index (χ0) is 14.8. The van der Waals surface area contributed by atoms with Crippen molar-refractivity contribution in [3.8, 4) is 0 Å². The summed E-state index contributed by atoms with van der Waals surface area (Å²) in [6, 6.07) is 3.21. The molecule has 0 radical (unpaired) electrons. The predicted molar refractivity (Wildman–Crippen MR) is 79.3 cm³/mol. The molecule has 0 fully saturated rings. The maximum absolute atomic E-state index is 14.9. The molecule has 6 heteroatoms. The van der Waals surface area contributed by atoms with Crippen molar-refractivity contribution in [1.82, 2.24) is 4.48 Å². The van der Waals surface area contributed by atoms with E-state index in [0.717, 1.165) is 27.6 Å². The van der Waals surface area contributed by atoms with Gasteiger partial charge < -0.3 is 17.6 Å². The van der Waals surface area contributed by atoms with Crippen molar-refractivity contribution in [1.29, 1.82) is 0 Å². The molecular weight excluding hydrogens is 280 g/mol. The Morgan fingerprint density at radius 2 is 1.85 bits per heavy atom. The molecule has 2 aliphatic heterocycles. The van der Waals surface area contributed by atoms with E-state index in [2.05, 4.69) is 0 Å². The number of nitrogens with zero attached hydrogens (tertiary/aromatic N) is 2. The molecule has 0 unspecified atom stereocenters. The number of hydrogen-bond acceptors (Lipinski definition) is 0. The Balaban J connectivity index is 2.43. The summed E-state index contributed by atoms with van der Waals surface area (Å²) in [4.78, 5) is 0. The van der Waals surface area contributed by atoms with Crippen molar-refractivity contribution >= 4 is 29.9 Å². The molecule has 0 spiro atoms. The Morgan fingerprint density at radius 1 is 1.20 bits per heavy atom. The van der Waals surface area contributed by atoms with Gasteiger partial charge in [-0.15, -0.1) is 0 Å². The molecule has 0 saturated heterocycles. The molecule has 1 aromatic heterocycles. The summed E-state index contributed by atoms with van der Waals surface area (Å²) in [5, 5.41) is 0.0822.